The zero-order valence-corrected chi connectivity index (χ0v) is 31.4. The maximum absolute atomic E-state index is 12.4. The fourth-order valence-corrected chi connectivity index (χ4v) is 11.4. The van der Waals surface area contributed by atoms with Crippen molar-refractivity contribution in [3.8, 4) is 78.7 Å². The summed E-state index contributed by atoms with van der Waals surface area (Å²) in [6.45, 7) is 0. The Morgan fingerprint density at radius 2 is 0.625 bits per heavy atom. The molecule has 1 N–H and O–H groups in total. The van der Waals surface area contributed by atoms with Gasteiger partial charge in [-0.2, -0.15) is 0 Å². The number of benzene rings is 8. The van der Waals surface area contributed by atoms with Gasteiger partial charge in [-0.05, 0) is 11.1 Å². The van der Waals surface area contributed by atoms with Gasteiger partial charge in [-0.3, -0.25) is 0 Å². The third-order valence-electron chi connectivity index (χ3n) is 10.8. The van der Waals surface area contributed by atoms with E-state index in [1.807, 2.05) is 48.5 Å². The first kappa shape index (κ1) is 33.7. The van der Waals surface area contributed by atoms with Crippen molar-refractivity contribution in [3.63, 3.8) is 0 Å². The van der Waals surface area contributed by atoms with Crippen LogP contribution in [0.1, 0.15) is 0 Å². The van der Waals surface area contributed by atoms with Crippen LogP contribution in [0.2, 0.25) is 0 Å². The Morgan fingerprint density at radius 3 is 1.16 bits per heavy atom. The van der Waals surface area contributed by atoms with Gasteiger partial charge in [0.25, 0.3) is 0 Å². The number of fused-ring (bicyclic) bond motifs is 3. The van der Waals surface area contributed by atoms with E-state index < -0.39 is 7.49 Å². The summed E-state index contributed by atoms with van der Waals surface area (Å²) in [6, 6.07) is 71.0. The molecule has 0 unspecified atom stereocenters. The average Bonchev–Trinajstić information content (AvgIpc) is 3.55. The van der Waals surface area contributed by atoms with Crippen LogP contribution in [0.5, 0.6) is 0 Å². The van der Waals surface area contributed by atoms with Crippen molar-refractivity contribution in [2.45, 2.75) is 0 Å². The molecule has 0 saturated heterocycles. The summed E-state index contributed by atoms with van der Waals surface area (Å²) in [5.74, 6) is 1.89. The predicted molar refractivity (Wildman–Crippen MR) is 234 cm³/mol. The van der Waals surface area contributed by atoms with Crippen LogP contribution in [0.4, 0.5) is 0 Å². The number of hydrogen-bond donors (Lipinski definition) is 1. The van der Waals surface area contributed by atoms with E-state index in [1.165, 1.54) is 5.56 Å². The molecular weight excluding hydrogens is 702 g/mol. The number of aromatic nitrogens is 3. The van der Waals surface area contributed by atoms with Gasteiger partial charge >= 0.3 is 194 Å². The molecule has 1 aliphatic heterocycles. The summed E-state index contributed by atoms with van der Waals surface area (Å²) in [4.78, 5) is 27.4. The fourth-order valence-electron chi connectivity index (χ4n) is 7.91. The molecule has 0 aliphatic carbocycles. The molecule has 56 heavy (non-hydrogen) atoms. The zero-order valence-electron chi connectivity index (χ0n) is 30.4. The Kier molecular flexibility index (Phi) is 8.49. The SMILES string of the molecule is O[PH]1(c2ccc(-c3ccc(-c4cccc(-c5nc(-c6ccccc6)nc(-c6ccc(-c7ccccc7)cc6)n5)c4)cc3)cc2)c2ccccc2-c2ccccc21. The average molecular weight is 738 g/mol. The second-order valence-electron chi connectivity index (χ2n) is 14.2. The molecule has 0 spiro atoms. The van der Waals surface area contributed by atoms with Gasteiger partial charge in [0.05, 0.1) is 0 Å². The minimum absolute atomic E-state index is 0.622. The first-order valence-corrected chi connectivity index (χ1v) is 20.8. The van der Waals surface area contributed by atoms with Gasteiger partial charge in [0.2, 0.25) is 0 Å². The van der Waals surface area contributed by atoms with Crippen molar-refractivity contribution in [1.29, 1.82) is 0 Å². The molecule has 1 aliphatic rings. The summed E-state index contributed by atoms with van der Waals surface area (Å²) in [6.07, 6.45) is 0. The van der Waals surface area contributed by atoms with Crippen LogP contribution in [-0.4, -0.2) is 19.8 Å². The minimum atomic E-state index is -3.09. The van der Waals surface area contributed by atoms with E-state index in [4.69, 9.17) is 15.0 Å². The molecule has 0 radical (unpaired) electrons. The maximum atomic E-state index is 12.4. The molecule has 266 valence electrons. The van der Waals surface area contributed by atoms with Gasteiger partial charge in [0.1, 0.15) is 0 Å². The third-order valence-corrected chi connectivity index (χ3v) is 14.4. The monoisotopic (exact) mass is 737 g/mol. The van der Waals surface area contributed by atoms with Gasteiger partial charge < -0.3 is 0 Å². The van der Waals surface area contributed by atoms with Crippen molar-refractivity contribution in [3.05, 3.63) is 206 Å². The van der Waals surface area contributed by atoms with Gasteiger partial charge in [0.15, 0.2) is 11.6 Å². The van der Waals surface area contributed by atoms with Gasteiger partial charge in [-0.25, -0.2) is 15.0 Å². The molecule has 0 atom stereocenters. The second-order valence-corrected chi connectivity index (χ2v) is 17.2. The van der Waals surface area contributed by atoms with Crippen LogP contribution in [-0.2, 0) is 0 Å². The number of rotatable bonds is 7. The van der Waals surface area contributed by atoms with E-state index in [-0.39, 0.29) is 0 Å². The molecule has 10 rings (SSSR count). The fraction of sp³-hybridized carbons (Fsp3) is 0. The van der Waals surface area contributed by atoms with E-state index in [2.05, 4.69) is 158 Å². The Bertz CT molecular complexity index is 2790. The summed E-state index contributed by atoms with van der Waals surface area (Å²) in [5.41, 5.74) is 11.8. The Labute approximate surface area is 327 Å². The molecule has 5 heteroatoms. The topological polar surface area (TPSA) is 58.9 Å². The molecule has 0 saturated carbocycles. The molecule has 8 aromatic carbocycles. The molecule has 2 heterocycles. The first-order chi connectivity index (χ1) is 27.6. The quantitative estimate of drug-likeness (QED) is 0.166. The van der Waals surface area contributed by atoms with Gasteiger partial charge in [-0.1, -0.05) is 84.9 Å². The zero-order chi connectivity index (χ0) is 37.5. The second kappa shape index (κ2) is 14.1. The van der Waals surface area contributed by atoms with Crippen molar-refractivity contribution in [2.75, 3.05) is 0 Å². The molecule has 9 aromatic rings. The van der Waals surface area contributed by atoms with Crippen molar-refractivity contribution >= 4 is 23.4 Å². The van der Waals surface area contributed by atoms with E-state index in [0.717, 1.165) is 71.5 Å². The normalized spacial score (nSPS) is 13.1. The van der Waals surface area contributed by atoms with Crippen LogP contribution < -0.4 is 15.9 Å². The standard InChI is InChI=1S/C51H36N3OP/c55-56(47-20-9-7-18-45(47)46-19-8-10-21-48(46)56)44-32-30-38(31-33-44)37-22-24-39(25-23-37)42-16-11-17-43(34-42)51-53-49(40-14-5-2-6-15-40)52-50(54-51)41-28-26-36(27-29-41)35-12-3-1-4-13-35/h1-34,55-56H. The van der Waals surface area contributed by atoms with E-state index in [1.54, 1.807) is 0 Å². The number of nitrogens with zero attached hydrogens (tertiary/aromatic N) is 3. The van der Waals surface area contributed by atoms with Crippen LogP contribution in [0.25, 0.3) is 78.7 Å². The van der Waals surface area contributed by atoms with Crippen molar-refractivity contribution in [1.82, 2.24) is 15.0 Å². The predicted octanol–water partition coefficient (Wildman–Crippen LogP) is 10.8. The van der Waals surface area contributed by atoms with Gasteiger partial charge in [-0.15, -0.1) is 0 Å². The number of hydrogen-bond acceptors (Lipinski definition) is 4. The summed E-state index contributed by atoms with van der Waals surface area (Å²) >= 11 is 0. The summed E-state index contributed by atoms with van der Waals surface area (Å²) in [5, 5.41) is 3.11. The summed E-state index contributed by atoms with van der Waals surface area (Å²) in [7, 11) is -3.09. The molecule has 0 amide bonds. The van der Waals surface area contributed by atoms with E-state index in [9.17, 15) is 4.89 Å². The van der Waals surface area contributed by atoms with Crippen LogP contribution in [0.3, 0.4) is 0 Å². The Hall–Kier alpha value is -6.84. The van der Waals surface area contributed by atoms with Crippen molar-refractivity contribution < 1.29 is 4.89 Å². The van der Waals surface area contributed by atoms with Crippen LogP contribution in [0, 0.1) is 0 Å². The first-order valence-electron chi connectivity index (χ1n) is 18.8. The molecule has 1 aromatic heterocycles. The molecule has 4 nitrogen and oxygen atoms in total. The van der Waals surface area contributed by atoms with Crippen LogP contribution >= 0.6 is 7.49 Å². The Morgan fingerprint density at radius 1 is 0.286 bits per heavy atom. The van der Waals surface area contributed by atoms with Gasteiger partial charge in [0, 0.05) is 11.1 Å². The molecular formula is C51H36N3OP. The molecule has 0 fully saturated rings. The van der Waals surface area contributed by atoms with Crippen molar-refractivity contribution in [2.24, 2.45) is 0 Å². The summed E-state index contributed by atoms with van der Waals surface area (Å²) < 4.78 is 0. The third kappa shape index (κ3) is 6.02. The Balaban J connectivity index is 0.948. The molecule has 0 bridgehead atoms. The van der Waals surface area contributed by atoms with Crippen LogP contribution in [0.15, 0.2) is 206 Å². The van der Waals surface area contributed by atoms with E-state index >= 15 is 0 Å². The van der Waals surface area contributed by atoms with E-state index in [0.29, 0.717) is 17.5 Å².